The predicted molar refractivity (Wildman–Crippen MR) is 57.3 cm³/mol. The molecule has 0 aromatic carbocycles. The molecule has 0 bridgehead atoms. The molecule has 0 amide bonds. The molecule has 2 aromatic rings. The number of furan rings is 1. The molecule has 2 aromatic heterocycles. The fourth-order valence-electron chi connectivity index (χ4n) is 0.929. The van der Waals surface area contributed by atoms with Gasteiger partial charge in [-0.3, -0.25) is 0 Å². The zero-order chi connectivity index (χ0) is 8.55. The molecule has 2 nitrogen and oxygen atoms in total. The first-order valence-corrected chi connectivity index (χ1v) is 5.39. The minimum Gasteiger partial charge on any atom is -0.449 e. The molecule has 62 valence electrons. The van der Waals surface area contributed by atoms with E-state index in [-0.39, 0.29) is 0 Å². The van der Waals surface area contributed by atoms with Crippen molar-refractivity contribution in [3.63, 3.8) is 0 Å². The standard InChI is InChI=1S/C8H6INOS/c1-5-10-6(4-12-5)7-2-3-8(9)11-7/h2-4H,1H3. The zero-order valence-corrected chi connectivity index (χ0v) is 9.35. The Kier molecular flexibility index (Phi) is 2.18. The Morgan fingerprint density at radius 3 is 2.83 bits per heavy atom. The summed E-state index contributed by atoms with van der Waals surface area (Å²) in [6.45, 7) is 1.99. The van der Waals surface area contributed by atoms with E-state index in [9.17, 15) is 0 Å². The maximum Gasteiger partial charge on any atom is 0.164 e. The van der Waals surface area contributed by atoms with Crippen molar-refractivity contribution in [2.24, 2.45) is 0 Å². The van der Waals surface area contributed by atoms with Crippen molar-refractivity contribution in [3.8, 4) is 11.5 Å². The van der Waals surface area contributed by atoms with Crippen molar-refractivity contribution in [2.75, 3.05) is 0 Å². The van der Waals surface area contributed by atoms with E-state index in [0.717, 1.165) is 20.2 Å². The van der Waals surface area contributed by atoms with E-state index < -0.39 is 0 Å². The Hall–Kier alpha value is -0.360. The van der Waals surface area contributed by atoms with Gasteiger partial charge in [0.1, 0.15) is 5.69 Å². The fourth-order valence-corrected chi connectivity index (χ4v) is 1.95. The molecule has 12 heavy (non-hydrogen) atoms. The van der Waals surface area contributed by atoms with Crippen molar-refractivity contribution >= 4 is 33.9 Å². The summed E-state index contributed by atoms with van der Waals surface area (Å²) in [5.41, 5.74) is 0.931. The lowest BCUT2D eigenvalue weighted by Gasteiger charge is -1.86. The molecule has 0 aliphatic carbocycles. The first kappa shape index (κ1) is 8.25. The van der Waals surface area contributed by atoms with Crippen LogP contribution in [0.2, 0.25) is 0 Å². The van der Waals surface area contributed by atoms with E-state index >= 15 is 0 Å². The first-order chi connectivity index (χ1) is 5.75. The second-order valence-corrected chi connectivity index (χ2v) is 4.48. The van der Waals surface area contributed by atoms with Crippen molar-refractivity contribution in [2.45, 2.75) is 6.92 Å². The monoisotopic (exact) mass is 291 g/mol. The van der Waals surface area contributed by atoms with Gasteiger partial charge in [-0.2, -0.15) is 0 Å². The van der Waals surface area contributed by atoms with Crippen LogP contribution < -0.4 is 0 Å². The Bertz CT molecular complexity index is 355. The molecule has 0 aliphatic rings. The maximum absolute atomic E-state index is 5.41. The van der Waals surface area contributed by atoms with Gasteiger partial charge >= 0.3 is 0 Å². The van der Waals surface area contributed by atoms with Gasteiger partial charge in [0, 0.05) is 5.38 Å². The van der Waals surface area contributed by atoms with Gasteiger partial charge in [-0.15, -0.1) is 11.3 Å². The number of hydrogen-bond acceptors (Lipinski definition) is 3. The van der Waals surface area contributed by atoms with Crippen LogP contribution in [0.3, 0.4) is 0 Å². The molecule has 2 rings (SSSR count). The van der Waals surface area contributed by atoms with E-state index in [0.29, 0.717) is 0 Å². The quantitative estimate of drug-likeness (QED) is 0.753. The summed E-state index contributed by atoms with van der Waals surface area (Å²) in [6.07, 6.45) is 0. The first-order valence-electron chi connectivity index (χ1n) is 3.43. The third kappa shape index (κ3) is 1.54. The SMILES string of the molecule is Cc1nc(-c2ccc(I)o2)cs1. The topological polar surface area (TPSA) is 26.0 Å². The maximum atomic E-state index is 5.41. The molecule has 4 heteroatoms. The summed E-state index contributed by atoms with van der Waals surface area (Å²) in [5, 5.41) is 3.07. The number of rotatable bonds is 1. The van der Waals surface area contributed by atoms with Crippen LogP contribution in [-0.2, 0) is 0 Å². The van der Waals surface area contributed by atoms with Crippen LogP contribution in [0.1, 0.15) is 5.01 Å². The molecule has 0 unspecified atom stereocenters. The average Bonchev–Trinajstić information content (AvgIpc) is 2.58. The molecule has 0 radical (unpaired) electrons. The predicted octanol–water partition coefficient (Wildman–Crippen LogP) is 3.32. The Labute approximate surface area is 87.8 Å². The number of thiazole rings is 1. The number of nitrogens with zero attached hydrogens (tertiary/aromatic N) is 1. The minimum absolute atomic E-state index is 0.851. The van der Waals surface area contributed by atoms with Crippen LogP contribution >= 0.6 is 33.9 Å². The second kappa shape index (κ2) is 3.18. The molecule has 0 aliphatic heterocycles. The molecule has 0 N–H and O–H groups in total. The minimum atomic E-state index is 0.851. The summed E-state index contributed by atoms with van der Waals surface area (Å²) in [7, 11) is 0. The highest BCUT2D eigenvalue weighted by atomic mass is 127. The van der Waals surface area contributed by atoms with Crippen molar-refractivity contribution in [3.05, 3.63) is 26.3 Å². The van der Waals surface area contributed by atoms with Gasteiger partial charge in [0.2, 0.25) is 0 Å². The summed E-state index contributed by atoms with van der Waals surface area (Å²) in [5.74, 6) is 0.851. The number of hydrogen-bond donors (Lipinski definition) is 0. The molecular formula is C8H6INOS. The second-order valence-electron chi connectivity index (χ2n) is 2.36. The van der Waals surface area contributed by atoms with Crippen LogP contribution in [0.25, 0.3) is 11.5 Å². The van der Waals surface area contributed by atoms with Crippen LogP contribution in [0.5, 0.6) is 0 Å². The summed E-state index contributed by atoms with van der Waals surface area (Å²) < 4.78 is 6.31. The van der Waals surface area contributed by atoms with Gasteiger partial charge in [0.15, 0.2) is 9.53 Å². The van der Waals surface area contributed by atoms with Crippen molar-refractivity contribution in [1.82, 2.24) is 4.98 Å². The van der Waals surface area contributed by atoms with E-state index in [1.807, 2.05) is 24.4 Å². The van der Waals surface area contributed by atoms with Crippen LogP contribution in [0.15, 0.2) is 21.9 Å². The molecule has 0 fully saturated rings. The van der Waals surface area contributed by atoms with Crippen molar-refractivity contribution < 1.29 is 4.42 Å². The highest BCUT2D eigenvalue weighted by molar-refractivity contribution is 14.1. The zero-order valence-electron chi connectivity index (χ0n) is 6.37. The number of aryl methyl sites for hydroxylation is 1. The number of aromatic nitrogens is 1. The summed E-state index contributed by atoms with van der Waals surface area (Å²) >= 11 is 3.78. The van der Waals surface area contributed by atoms with E-state index in [4.69, 9.17) is 4.42 Å². The lowest BCUT2D eigenvalue weighted by molar-refractivity contribution is 0.551. The van der Waals surface area contributed by atoms with Gasteiger partial charge < -0.3 is 4.42 Å². The summed E-state index contributed by atoms with van der Waals surface area (Å²) in [4.78, 5) is 4.32. The van der Waals surface area contributed by atoms with Gasteiger partial charge in [0.05, 0.1) is 5.01 Å². The third-order valence-corrected chi connectivity index (χ3v) is 2.80. The third-order valence-electron chi connectivity index (χ3n) is 1.44. The fraction of sp³-hybridized carbons (Fsp3) is 0.125. The van der Waals surface area contributed by atoms with Crippen molar-refractivity contribution in [1.29, 1.82) is 0 Å². The lowest BCUT2D eigenvalue weighted by atomic mass is 10.4. The van der Waals surface area contributed by atoms with Crippen LogP contribution in [0, 0.1) is 10.7 Å². The molecule has 0 spiro atoms. The molecule has 0 saturated carbocycles. The van der Waals surface area contributed by atoms with E-state index in [2.05, 4.69) is 27.6 Å². The van der Waals surface area contributed by atoms with Crippen LogP contribution in [0.4, 0.5) is 0 Å². The Morgan fingerprint density at radius 1 is 1.50 bits per heavy atom. The number of halogens is 1. The van der Waals surface area contributed by atoms with Gasteiger partial charge in [-0.05, 0) is 41.6 Å². The van der Waals surface area contributed by atoms with Gasteiger partial charge in [0.25, 0.3) is 0 Å². The Balaban J connectivity index is 2.43. The summed E-state index contributed by atoms with van der Waals surface area (Å²) in [6, 6.07) is 3.88. The van der Waals surface area contributed by atoms with E-state index in [1.54, 1.807) is 11.3 Å². The van der Waals surface area contributed by atoms with Gasteiger partial charge in [-0.1, -0.05) is 0 Å². The largest absolute Gasteiger partial charge is 0.449 e. The van der Waals surface area contributed by atoms with Gasteiger partial charge in [-0.25, -0.2) is 4.98 Å². The molecule has 2 heterocycles. The van der Waals surface area contributed by atoms with E-state index in [1.165, 1.54) is 0 Å². The Morgan fingerprint density at radius 2 is 2.33 bits per heavy atom. The lowest BCUT2D eigenvalue weighted by Crippen LogP contribution is -1.72. The highest BCUT2D eigenvalue weighted by Gasteiger charge is 2.05. The molecule has 0 saturated heterocycles. The smallest absolute Gasteiger partial charge is 0.164 e. The normalized spacial score (nSPS) is 10.5. The average molecular weight is 291 g/mol. The van der Waals surface area contributed by atoms with Crippen LogP contribution in [-0.4, -0.2) is 4.98 Å². The molecular weight excluding hydrogens is 285 g/mol. The molecule has 0 atom stereocenters. The highest BCUT2D eigenvalue weighted by Crippen LogP contribution is 2.24.